The molecule has 0 bridgehead atoms. The second kappa shape index (κ2) is 3.90. The third-order valence-corrected chi connectivity index (χ3v) is 2.54. The second-order valence-corrected chi connectivity index (χ2v) is 3.58. The SMILES string of the molecule is Cc1nn(C)c(C)c1-c1nccc(NN)n1. The minimum Gasteiger partial charge on any atom is -0.308 e. The number of aryl methyl sites for hydroxylation is 2. The minimum atomic E-state index is 0.590. The van der Waals surface area contributed by atoms with E-state index in [1.165, 1.54) is 0 Å². The van der Waals surface area contributed by atoms with Gasteiger partial charge in [0.15, 0.2) is 5.82 Å². The number of nitrogens with one attached hydrogen (secondary N) is 1. The summed E-state index contributed by atoms with van der Waals surface area (Å²) in [5, 5.41) is 4.33. The van der Waals surface area contributed by atoms with Crippen LogP contribution in [0.5, 0.6) is 0 Å². The number of hydrogen-bond acceptors (Lipinski definition) is 5. The van der Waals surface area contributed by atoms with Crippen molar-refractivity contribution >= 4 is 5.82 Å². The summed E-state index contributed by atoms with van der Waals surface area (Å²) in [5.41, 5.74) is 5.41. The van der Waals surface area contributed by atoms with Crippen molar-refractivity contribution in [3.63, 3.8) is 0 Å². The first-order valence-electron chi connectivity index (χ1n) is 4.93. The molecule has 0 saturated carbocycles. The molecule has 0 saturated heterocycles. The standard InChI is InChI=1S/C10H14N6/c1-6-9(7(2)16(3)15-6)10-12-5-4-8(13-10)14-11/h4-5H,11H2,1-3H3,(H,12,13,14). The second-order valence-electron chi connectivity index (χ2n) is 3.58. The van der Waals surface area contributed by atoms with Crippen molar-refractivity contribution in [2.45, 2.75) is 13.8 Å². The molecule has 0 atom stereocenters. The summed E-state index contributed by atoms with van der Waals surface area (Å²) in [5.74, 6) is 6.54. The molecule has 84 valence electrons. The zero-order valence-electron chi connectivity index (χ0n) is 9.52. The van der Waals surface area contributed by atoms with Crippen molar-refractivity contribution < 1.29 is 0 Å². The van der Waals surface area contributed by atoms with Crippen LogP contribution in [0, 0.1) is 13.8 Å². The Hall–Kier alpha value is -1.95. The van der Waals surface area contributed by atoms with Crippen LogP contribution < -0.4 is 11.3 Å². The van der Waals surface area contributed by atoms with Gasteiger partial charge in [-0.15, -0.1) is 0 Å². The average Bonchev–Trinajstić information content (AvgIpc) is 2.53. The Kier molecular flexibility index (Phi) is 2.57. The zero-order valence-corrected chi connectivity index (χ0v) is 9.52. The maximum atomic E-state index is 5.32. The van der Waals surface area contributed by atoms with Gasteiger partial charge in [0.05, 0.1) is 11.3 Å². The van der Waals surface area contributed by atoms with Crippen LogP contribution in [-0.4, -0.2) is 19.7 Å². The number of anilines is 1. The molecule has 3 N–H and O–H groups in total. The lowest BCUT2D eigenvalue weighted by Crippen LogP contribution is -2.09. The molecule has 16 heavy (non-hydrogen) atoms. The van der Waals surface area contributed by atoms with E-state index >= 15 is 0 Å². The van der Waals surface area contributed by atoms with Crippen LogP contribution in [0.25, 0.3) is 11.4 Å². The summed E-state index contributed by atoms with van der Waals surface area (Å²) in [6.07, 6.45) is 1.67. The number of nitrogen functional groups attached to an aromatic ring is 1. The highest BCUT2D eigenvalue weighted by molar-refractivity contribution is 5.62. The zero-order chi connectivity index (χ0) is 11.7. The van der Waals surface area contributed by atoms with Gasteiger partial charge in [0.2, 0.25) is 0 Å². The fraction of sp³-hybridized carbons (Fsp3) is 0.300. The predicted octanol–water partition coefficient (Wildman–Crippen LogP) is 0.780. The maximum absolute atomic E-state index is 5.32. The van der Waals surface area contributed by atoms with Gasteiger partial charge in [0.25, 0.3) is 0 Å². The third-order valence-electron chi connectivity index (χ3n) is 2.54. The molecule has 6 nitrogen and oxygen atoms in total. The van der Waals surface area contributed by atoms with E-state index in [9.17, 15) is 0 Å². The van der Waals surface area contributed by atoms with Crippen LogP contribution in [0.15, 0.2) is 12.3 Å². The van der Waals surface area contributed by atoms with E-state index in [2.05, 4.69) is 20.5 Å². The van der Waals surface area contributed by atoms with E-state index in [4.69, 9.17) is 5.84 Å². The molecule has 0 aliphatic heterocycles. The maximum Gasteiger partial charge on any atom is 0.165 e. The lowest BCUT2D eigenvalue weighted by Gasteiger charge is -2.03. The first-order chi connectivity index (χ1) is 7.63. The number of rotatable bonds is 2. The highest BCUT2D eigenvalue weighted by atomic mass is 15.3. The van der Waals surface area contributed by atoms with Gasteiger partial charge in [-0.2, -0.15) is 5.10 Å². The molecule has 2 aromatic rings. The number of nitrogens with zero attached hydrogens (tertiary/aromatic N) is 4. The Balaban J connectivity index is 2.58. The summed E-state index contributed by atoms with van der Waals surface area (Å²) in [4.78, 5) is 8.53. The van der Waals surface area contributed by atoms with Gasteiger partial charge < -0.3 is 5.43 Å². The third kappa shape index (κ3) is 1.63. The van der Waals surface area contributed by atoms with Crippen LogP contribution in [0.3, 0.4) is 0 Å². The number of hydrogen-bond donors (Lipinski definition) is 2. The van der Waals surface area contributed by atoms with Gasteiger partial charge in [-0.25, -0.2) is 15.8 Å². The highest BCUT2D eigenvalue weighted by Crippen LogP contribution is 2.23. The quantitative estimate of drug-likeness (QED) is 0.575. The Morgan fingerprint density at radius 3 is 2.69 bits per heavy atom. The molecular weight excluding hydrogens is 204 g/mol. The molecule has 2 rings (SSSR count). The molecule has 0 aliphatic carbocycles. The lowest BCUT2D eigenvalue weighted by atomic mass is 10.2. The lowest BCUT2D eigenvalue weighted by molar-refractivity contribution is 0.731. The van der Waals surface area contributed by atoms with Gasteiger partial charge in [-0.3, -0.25) is 4.68 Å². The highest BCUT2D eigenvalue weighted by Gasteiger charge is 2.14. The van der Waals surface area contributed by atoms with Gasteiger partial charge in [0, 0.05) is 25.0 Å². The summed E-state index contributed by atoms with van der Waals surface area (Å²) in [7, 11) is 1.90. The van der Waals surface area contributed by atoms with Crippen LogP contribution in [0.2, 0.25) is 0 Å². The normalized spacial score (nSPS) is 10.5. The van der Waals surface area contributed by atoms with E-state index < -0.39 is 0 Å². The molecule has 0 aromatic carbocycles. The summed E-state index contributed by atoms with van der Waals surface area (Å²) >= 11 is 0. The molecule has 0 amide bonds. The smallest absolute Gasteiger partial charge is 0.165 e. The Bertz CT molecular complexity index is 516. The number of hydrazine groups is 1. The predicted molar refractivity (Wildman–Crippen MR) is 61.5 cm³/mol. The Labute approximate surface area is 93.5 Å². The van der Waals surface area contributed by atoms with Crippen LogP contribution in [0.4, 0.5) is 5.82 Å². The molecular formula is C10H14N6. The van der Waals surface area contributed by atoms with Gasteiger partial charge >= 0.3 is 0 Å². The van der Waals surface area contributed by atoms with Gasteiger partial charge in [-0.1, -0.05) is 0 Å². The molecule has 0 unspecified atom stereocenters. The summed E-state index contributed by atoms with van der Waals surface area (Å²) < 4.78 is 1.82. The van der Waals surface area contributed by atoms with Crippen molar-refractivity contribution in [2.75, 3.05) is 5.43 Å². The first-order valence-corrected chi connectivity index (χ1v) is 4.93. The van der Waals surface area contributed by atoms with Crippen LogP contribution in [0.1, 0.15) is 11.4 Å². The van der Waals surface area contributed by atoms with Gasteiger partial charge in [-0.05, 0) is 13.8 Å². The fourth-order valence-electron chi connectivity index (χ4n) is 1.66. The summed E-state index contributed by atoms with van der Waals surface area (Å²) in [6, 6.07) is 1.71. The fourth-order valence-corrected chi connectivity index (χ4v) is 1.66. The largest absolute Gasteiger partial charge is 0.308 e. The first kappa shape index (κ1) is 10.6. The minimum absolute atomic E-state index is 0.590. The van der Waals surface area contributed by atoms with Crippen molar-refractivity contribution in [3.05, 3.63) is 23.7 Å². The average molecular weight is 218 g/mol. The van der Waals surface area contributed by atoms with E-state index in [0.717, 1.165) is 17.0 Å². The summed E-state index contributed by atoms with van der Waals surface area (Å²) in [6.45, 7) is 3.93. The molecule has 6 heteroatoms. The van der Waals surface area contributed by atoms with Gasteiger partial charge in [0.1, 0.15) is 5.82 Å². The van der Waals surface area contributed by atoms with Crippen molar-refractivity contribution in [1.29, 1.82) is 0 Å². The molecule has 0 radical (unpaired) electrons. The van der Waals surface area contributed by atoms with Crippen molar-refractivity contribution in [1.82, 2.24) is 19.7 Å². The Morgan fingerprint density at radius 1 is 1.38 bits per heavy atom. The van der Waals surface area contributed by atoms with Crippen molar-refractivity contribution in [3.8, 4) is 11.4 Å². The van der Waals surface area contributed by atoms with E-state index in [-0.39, 0.29) is 0 Å². The number of nitrogens with two attached hydrogens (primary N) is 1. The molecule has 2 aromatic heterocycles. The van der Waals surface area contributed by atoms with Crippen LogP contribution >= 0.6 is 0 Å². The van der Waals surface area contributed by atoms with Crippen LogP contribution in [-0.2, 0) is 7.05 Å². The van der Waals surface area contributed by atoms with E-state index in [1.54, 1.807) is 12.3 Å². The topological polar surface area (TPSA) is 81.7 Å². The molecule has 0 fully saturated rings. The molecule has 0 aliphatic rings. The van der Waals surface area contributed by atoms with Crippen molar-refractivity contribution in [2.24, 2.45) is 12.9 Å². The monoisotopic (exact) mass is 218 g/mol. The van der Waals surface area contributed by atoms with E-state index in [0.29, 0.717) is 11.6 Å². The van der Waals surface area contributed by atoms with E-state index in [1.807, 2.05) is 25.6 Å². The number of aromatic nitrogens is 4. The Morgan fingerprint density at radius 2 is 2.12 bits per heavy atom. The molecule has 2 heterocycles. The molecule has 0 spiro atoms.